The maximum absolute atomic E-state index is 12.4. The molecule has 1 unspecified atom stereocenters. The molecule has 21 heavy (non-hydrogen) atoms. The van der Waals surface area contributed by atoms with Crippen molar-refractivity contribution in [2.24, 2.45) is 5.92 Å². The fraction of sp³-hybridized carbons (Fsp3) is 0.500. The molecule has 0 bridgehead atoms. The molecule has 1 rings (SSSR count). The molecule has 0 spiro atoms. The molecular formula is C10H13ClN2O6S2. The molecule has 0 radical (unpaired) electrons. The van der Waals surface area contributed by atoms with E-state index in [1.165, 1.54) is 6.92 Å². The van der Waals surface area contributed by atoms with Crippen LogP contribution >= 0.6 is 22.9 Å². The van der Waals surface area contributed by atoms with Crippen molar-refractivity contribution in [3.05, 3.63) is 20.5 Å². The van der Waals surface area contributed by atoms with Crippen molar-refractivity contribution in [2.45, 2.75) is 18.1 Å². The number of hydrogen-bond donors (Lipinski definition) is 1. The summed E-state index contributed by atoms with van der Waals surface area (Å²) in [5.41, 5.74) is -0.484. The van der Waals surface area contributed by atoms with Gasteiger partial charge in [-0.1, -0.05) is 25.4 Å². The predicted octanol–water partition coefficient (Wildman–Crippen LogP) is 2.04. The van der Waals surface area contributed by atoms with Gasteiger partial charge in [0.05, 0.1) is 10.8 Å². The smallest absolute Gasteiger partial charge is 0.307 e. The molecule has 11 heteroatoms. The Morgan fingerprint density at radius 2 is 2.19 bits per heavy atom. The molecule has 0 saturated carbocycles. The van der Waals surface area contributed by atoms with Crippen LogP contribution in [0.3, 0.4) is 0 Å². The Morgan fingerprint density at radius 3 is 2.57 bits per heavy atom. The molecule has 1 aromatic rings. The average Bonchev–Trinajstić information content (AvgIpc) is 2.78. The van der Waals surface area contributed by atoms with Gasteiger partial charge in [-0.15, -0.1) is 11.3 Å². The molecule has 0 fully saturated rings. The van der Waals surface area contributed by atoms with Gasteiger partial charge in [0.1, 0.15) is 4.21 Å². The number of sulfonamides is 1. The van der Waals surface area contributed by atoms with Crippen molar-refractivity contribution in [1.29, 1.82) is 0 Å². The molecule has 1 N–H and O–H groups in total. The monoisotopic (exact) mass is 356 g/mol. The molecule has 0 aliphatic heterocycles. The van der Waals surface area contributed by atoms with Gasteiger partial charge < -0.3 is 5.11 Å². The largest absolute Gasteiger partial charge is 0.481 e. The number of aliphatic carboxylic acids is 1. The second-order valence-electron chi connectivity index (χ2n) is 4.18. The van der Waals surface area contributed by atoms with Gasteiger partial charge in [0.2, 0.25) is 0 Å². The molecule has 0 saturated heterocycles. The summed E-state index contributed by atoms with van der Waals surface area (Å²) in [7, 11) is -4.02. The van der Waals surface area contributed by atoms with Gasteiger partial charge >= 0.3 is 5.97 Å². The van der Waals surface area contributed by atoms with Crippen molar-refractivity contribution in [2.75, 3.05) is 13.1 Å². The minimum atomic E-state index is -4.02. The summed E-state index contributed by atoms with van der Waals surface area (Å²) in [5.74, 6) is -2.02. The quantitative estimate of drug-likeness (QED) is 0.590. The SMILES string of the molecule is CCN(CC(C)C(=O)O)S(=O)(=O)c1cc([N+](=O)[O-])c(Cl)s1. The normalized spacial score (nSPS) is 13.3. The third-order valence-corrected chi connectivity index (χ3v) is 6.42. The lowest BCUT2D eigenvalue weighted by Gasteiger charge is -2.21. The highest BCUT2D eigenvalue weighted by molar-refractivity contribution is 7.91. The lowest BCUT2D eigenvalue weighted by atomic mass is 10.2. The van der Waals surface area contributed by atoms with Crippen LogP contribution in [0.15, 0.2) is 10.3 Å². The third-order valence-electron chi connectivity index (χ3n) is 2.69. The van der Waals surface area contributed by atoms with Crippen molar-refractivity contribution in [1.82, 2.24) is 4.31 Å². The highest BCUT2D eigenvalue weighted by Gasteiger charge is 2.31. The van der Waals surface area contributed by atoms with Gasteiger partial charge in [-0.05, 0) is 0 Å². The summed E-state index contributed by atoms with van der Waals surface area (Å²) < 4.78 is 25.2. The molecule has 0 aliphatic carbocycles. The summed E-state index contributed by atoms with van der Waals surface area (Å²) in [6.45, 7) is 2.75. The van der Waals surface area contributed by atoms with Crippen molar-refractivity contribution in [3.8, 4) is 0 Å². The summed E-state index contributed by atoms with van der Waals surface area (Å²) in [6.07, 6.45) is 0. The van der Waals surface area contributed by atoms with E-state index in [0.717, 1.165) is 10.4 Å². The molecule has 8 nitrogen and oxygen atoms in total. The van der Waals surface area contributed by atoms with E-state index >= 15 is 0 Å². The highest BCUT2D eigenvalue weighted by Crippen LogP contribution is 2.37. The fourth-order valence-corrected chi connectivity index (χ4v) is 4.86. The number of carbonyl (C=O) groups is 1. The zero-order chi connectivity index (χ0) is 16.4. The molecule has 0 aromatic carbocycles. The van der Waals surface area contributed by atoms with Gasteiger partial charge in [-0.2, -0.15) is 4.31 Å². The number of hydrogen-bond acceptors (Lipinski definition) is 6. The standard InChI is InChI=1S/C10H13ClN2O6S2/c1-3-12(5-6(2)10(14)15)21(18,19)8-4-7(13(16)17)9(11)20-8/h4,6H,3,5H2,1-2H3,(H,14,15). The van der Waals surface area contributed by atoms with Crippen LogP contribution in [-0.2, 0) is 14.8 Å². The van der Waals surface area contributed by atoms with Crippen LogP contribution in [0.4, 0.5) is 5.69 Å². The van der Waals surface area contributed by atoms with E-state index in [-0.39, 0.29) is 21.6 Å². The van der Waals surface area contributed by atoms with E-state index < -0.39 is 32.5 Å². The summed E-state index contributed by atoms with van der Waals surface area (Å²) in [4.78, 5) is 20.8. The second kappa shape index (κ2) is 6.69. The van der Waals surface area contributed by atoms with E-state index in [1.807, 2.05) is 0 Å². The third kappa shape index (κ3) is 3.90. The Bertz CT molecular complexity index is 657. The van der Waals surface area contributed by atoms with E-state index in [0.29, 0.717) is 11.3 Å². The van der Waals surface area contributed by atoms with Crippen molar-refractivity contribution in [3.63, 3.8) is 0 Å². The van der Waals surface area contributed by atoms with Gasteiger partial charge in [-0.3, -0.25) is 14.9 Å². The van der Waals surface area contributed by atoms with E-state index in [1.54, 1.807) is 6.92 Å². The Hall–Kier alpha value is -1.23. The van der Waals surface area contributed by atoms with E-state index in [2.05, 4.69) is 0 Å². The maximum Gasteiger partial charge on any atom is 0.307 e. The molecule has 0 aliphatic rings. The number of nitrogens with zero attached hydrogens (tertiary/aromatic N) is 2. The molecule has 118 valence electrons. The summed E-state index contributed by atoms with van der Waals surface area (Å²) >= 11 is 6.23. The lowest BCUT2D eigenvalue weighted by molar-refractivity contribution is -0.384. The van der Waals surface area contributed by atoms with Crippen LogP contribution in [0.25, 0.3) is 0 Å². The number of carboxylic acids is 1. The Labute approximate surface area is 130 Å². The Kier molecular flexibility index (Phi) is 5.68. The first-order valence-electron chi connectivity index (χ1n) is 5.77. The van der Waals surface area contributed by atoms with Crippen LogP contribution in [0.1, 0.15) is 13.8 Å². The topological polar surface area (TPSA) is 118 Å². The minimum absolute atomic E-state index is 0.0449. The van der Waals surface area contributed by atoms with Crippen LogP contribution in [-0.4, -0.2) is 41.8 Å². The zero-order valence-electron chi connectivity index (χ0n) is 11.1. The van der Waals surface area contributed by atoms with Gasteiger partial charge in [0.15, 0.2) is 4.34 Å². The van der Waals surface area contributed by atoms with Crippen LogP contribution in [0, 0.1) is 16.0 Å². The molecule has 1 atom stereocenters. The van der Waals surface area contributed by atoms with Crippen molar-refractivity contribution < 1.29 is 23.2 Å². The summed E-state index contributed by atoms with van der Waals surface area (Å²) in [5, 5.41) is 19.6. The van der Waals surface area contributed by atoms with Crippen LogP contribution in [0.2, 0.25) is 4.34 Å². The lowest BCUT2D eigenvalue weighted by Crippen LogP contribution is -2.36. The van der Waals surface area contributed by atoms with E-state index in [9.17, 15) is 23.3 Å². The first kappa shape index (κ1) is 17.8. The first-order valence-corrected chi connectivity index (χ1v) is 8.41. The number of carboxylic acid groups (broad SMARTS) is 1. The molecule has 0 amide bonds. The minimum Gasteiger partial charge on any atom is -0.481 e. The second-order valence-corrected chi connectivity index (χ2v) is 8.00. The summed E-state index contributed by atoms with van der Waals surface area (Å²) in [6, 6.07) is 0.885. The zero-order valence-corrected chi connectivity index (χ0v) is 13.5. The fourth-order valence-electron chi connectivity index (χ4n) is 1.50. The van der Waals surface area contributed by atoms with Gasteiger partial charge in [0, 0.05) is 19.2 Å². The molecular weight excluding hydrogens is 344 g/mol. The Morgan fingerprint density at radius 1 is 1.62 bits per heavy atom. The number of nitro groups is 1. The molecule has 1 heterocycles. The van der Waals surface area contributed by atoms with Gasteiger partial charge in [0.25, 0.3) is 15.7 Å². The molecule has 1 aromatic heterocycles. The number of thiophene rings is 1. The van der Waals surface area contributed by atoms with Crippen LogP contribution < -0.4 is 0 Å². The van der Waals surface area contributed by atoms with Crippen LogP contribution in [0.5, 0.6) is 0 Å². The number of rotatable bonds is 7. The Balaban J connectivity index is 3.16. The first-order chi connectivity index (χ1) is 9.61. The maximum atomic E-state index is 12.4. The average molecular weight is 357 g/mol. The number of halogens is 1. The van der Waals surface area contributed by atoms with Crippen molar-refractivity contribution >= 4 is 44.6 Å². The van der Waals surface area contributed by atoms with Gasteiger partial charge in [-0.25, -0.2) is 8.42 Å². The highest BCUT2D eigenvalue weighted by atomic mass is 35.5. The predicted molar refractivity (Wildman–Crippen MR) is 77.2 cm³/mol. The van der Waals surface area contributed by atoms with E-state index in [4.69, 9.17) is 16.7 Å².